The van der Waals surface area contributed by atoms with E-state index in [4.69, 9.17) is 4.74 Å². The topological polar surface area (TPSA) is 84.1 Å². The van der Waals surface area contributed by atoms with Gasteiger partial charge in [0.2, 0.25) is 0 Å². The van der Waals surface area contributed by atoms with Crippen molar-refractivity contribution >= 4 is 33.7 Å². The molecule has 8 heteroatoms. The molecule has 0 aliphatic heterocycles. The Labute approximate surface area is 146 Å². The lowest BCUT2D eigenvalue weighted by Crippen LogP contribution is -2.11. The summed E-state index contributed by atoms with van der Waals surface area (Å²) in [5.74, 6) is 0.448. The van der Waals surface area contributed by atoms with Crippen LogP contribution in [0.5, 0.6) is 5.75 Å². The maximum Gasteiger partial charge on any atom is 0.305 e. The molecule has 0 fully saturated rings. The van der Waals surface area contributed by atoms with Gasteiger partial charge in [-0.1, -0.05) is 11.3 Å². The average molecular weight is 361 g/mol. The second kappa shape index (κ2) is 6.58. The van der Waals surface area contributed by atoms with E-state index < -0.39 is 0 Å². The molecule has 0 spiro atoms. The third kappa shape index (κ3) is 3.24. The Hall–Kier alpha value is -2.45. The fourth-order valence-electron chi connectivity index (χ4n) is 2.24. The number of carbonyl (C=O) groups is 1. The monoisotopic (exact) mass is 361 g/mol. The summed E-state index contributed by atoms with van der Waals surface area (Å²) in [5.41, 5.74) is 2.33. The van der Waals surface area contributed by atoms with Gasteiger partial charge in [0.1, 0.15) is 10.6 Å². The molecule has 0 bridgehead atoms. The summed E-state index contributed by atoms with van der Waals surface area (Å²) in [6.07, 6.45) is 0. The van der Waals surface area contributed by atoms with Gasteiger partial charge in [-0.3, -0.25) is 14.9 Å². The number of anilines is 1. The van der Waals surface area contributed by atoms with E-state index in [9.17, 15) is 9.59 Å². The molecule has 0 unspecified atom stereocenters. The molecule has 124 valence electrons. The molecular weight excluding hydrogens is 346 g/mol. The highest BCUT2D eigenvalue weighted by Gasteiger charge is 2.17. The fourth-order valence-corrected chi connectivity index (χ4v) is 3.81. The molecule has 1 aromatic carbocycles. The maximum absolute atomic E-state index is 12.3. The molecule has 0 radical (unpaired) electrons. The molecule has 0 aliphatic carbocycles. The van der Waals surface area contributed by atoms with Gasteiger partial charge in [-0.05, 0) is 38.1 Å². The minimum atomic E-state index is -0.328. The van der Waals surface area contributed by atoms with Crippen molar-refractivity contribution in [2.75, 3.05) is 12.4 Å². The summed E-state index contributed by atoms with van der Waals surface area (Å²) in [5, 5.41) is 3.26. The van der Waals surface area contributed by atoms with Gasteiger partial charge >= 0.3 is 4.87 Å². The maximum atomic E-state index is 12.3. The Morgan fingerprint density at radius 2 is 1.92 bits per heavy atom. The SMILES string of the molecule is COc1ccc(-c2nc(NC(=O)c3sc(=O)[nH]c3C)sc2C)cc1. The Morgan fingerprint density at radius 3 is 2.50 bits per heavy atom. The van der Waals surface area contributed by atoms with Crippen LogP contribution in [0.25, 0.3) is 11.3 Å². The van der Waals surface area contributed by atoms with Crippen molar-refractivity contribution in [1.82, 2.24) is 9.97 Å². The average Bonchev–Trinajstić information content (AvgIpc) is 3.09. The van der Waals surface area contributed by atoms with Crippen LogP contribution in [-0.4, -0.2) is 23.0 Å². The molecule has 3 aromatic rings. The molecule has 24 heavy (non-hydrogen) atoms. The van der Waals surface area contributed by atoms with Gasteiger partial charge < -0.3 is 9.72 Å². The van der Waals surface area contributed by atoms with Crippen LogP contribution in [0.2, 0.25) is 0 Å². The molecular formula is C16H15N3O3S2. The molecule has 0 saturated heterocycles. The number of carbonyl (C=O) groups excluding carboxylic acids is 1. The normalized spacial score (nSPS) is 10.6. The van der Waals surface area contributed by atoms with Crippen molar-refractivity contribution in [2.45, 2.75) is 13.8 Å². The summed E-state index contributed by atoms with van der Waals surface area (Å²) >= 11 is 2.29. The fraction of sp³-hybridized carbons (Fsp3) is 0.188. The third-order valence-corrected chi connectivity index (χ3v) is 5.28. The van der Waals surface area contributed by atoms with Gasteiger partial charge in [0.15, 0.2) is 5.13 Å². The van der Waals surface area contributed by atoms with Crippen LogP contribution in [0.4, 0.5) is 5.13 Å². The predicted molar refractivity (Wildman–Crippen MR) is 96.5 cm³/mol. The van der Waals surface area contributed by atoms with E-state index in [2.05, 4.69) is 15.3 Å². The molecule has 1 amide bonds. The van der Waals surface area contributed by atoms with Crippen LogP contribution in [0.15, 0.2) is 29.1 Å². The first-order valence-electron chi connectivity index (χ1n) is 7.11. The molecule has 2 aromatic heterocycles. The van der Waals surface area contributed by atoms with Crippen molar-refractivity contribution in [3.05, 3.63) is 49.4 Å². The van der Waals surface area contributed by atoms with Crippen molar-refractivity contribution in [1.29, 1.82) is 0 Å². The molecule has 3 rings (SSSR count). The van der Waals surface area contributed by atoms with E-state index in [1.165, 1.54) is 11.3 Å². The van der Waals surface area contributed by atoms with Crippen LogP contribution >= 0.6 is 22.7 Å². The number of nitrogens with one attached hydrogen (secondary N) is 2. The van der Waals surface area contributed by atoms with Crippen LogP contribution in [0.3, 0.4) is 0 Å². The quantitative estimate of drug-likeness (QED) is 0.745. The highest BCUT2D eigenvalue weighted by molar-refractivity contribution is 7.16. The molecule has 2 N–H and O–H groups in total. The van der Waals surface area contributed by atoms with Gasteiger partial charge in [-0.25, -0.2) is 4.98 Å². The second-order valence-electron chi connectivity index (χ2n) is 5.08. The Kier molecular flexibility index (Phi) is 4.50. The van der Waals surface area contributed by atoms with E-state index >= 15 is 0 Å². The van der Waals surface area contributed by atoms with Crippen LogP contribution < -0.4 is 14.9 Å². The lowest BCUT2D eigenvalue weighted by Gasteiger charge is -2.02. The number of amides is 1. The Balaban J connectivity index is 1.84. The number of H-pyrrole nitrogens is 1. The third-order valence-electron chi connectivity index (χ3n) is 3.41. The predicted octanol–water partition coefficient (Wildman–Crippen LogP) is 3.44. The van der Waals surface area contributed by atoms with Crippen LogP contribution in [0, 0.1) is 13.8 Å². The summed E-state index contributed by atoms with van der Waals surface area (Å²) in [7, 11) is 1.62. The molecule has 2 heterocycles. The Bertz CT molecular complexity index is 938. The first-order chi connectivity index (χ1) is 11.5. The van der Waals surface area contributed by atoms with Gasteiger partial charge in [0.05, 0.1) is 12.8 Å². The van der Waals surface area contributed by atoms with E-state index in [0.29, 0.717) is 15.7 Å². The number of methoxy groups -OCH3 is 1. The highest BCUT2D eigenvalue weighted by Crippen LogP contribution is 2.31. The van der Waals surface area contributed by atoms with E-state index in [1.54, 1.807) is 14.0 Å². The van der Waals surface area contributed by atoms with Crippen molar-refractivity contribution in [3.63, 3.8) is 0 Å². The largest absolute Gasteiger partial charge is 0.497 e. The van der Waals surface area contributed by atoms with E-state index in [1.807, 2.05) is 31.2 Å². The van der Waals surface area contributed by atoms with Gasteiger partial charge in [0, 0.05) is 16.1 Å². The molecule has 0 saturated carbocycles. The molecule has 0 aliphatic rings. The molecule has 6 nitrogen and oxygen atoms in total. The number of rotatable bonds is 4. The standard InChI is InChI=1S/C16H15N3O3S2/c1-8-13(24-16(21)17-8)14(20)19-15-18-12(9(2)23-15)10-4-6-11(22-3)7-5-10/h4-7H,1-3H3,(H,17,21)(H,18,19,20). The minimum Gasteiger partial charge on any atom is -0.497 e. The highest BCUT2D eigenvalue weighted by atomic mass is 32.1. The lowest BCUT2D eigenvalue weighted by molar-refractivity contribution is 0.103. The van der Waals surface area contributed by atoms with Crippen LogP contribution in [-0.2, 0) is 0 Å². The van der Waals surface area contributed by atoms with Gasteiger partial charge in [-0.15, -0.1) is 11.3 Å². The number of hydrogen-bond acceptors (Lipinski definition) is 6. The number of aromatic amines is 1. The number of aryl methyl sites for hydroxylation is 2. The zero-order valence-electron chi connectivity index (χ0n) is 13.3. The summed E-state index contributed by atoms with van der Waals surface area (Å²) in [6, 6.07) is 7.59. The lowest BCUT2D eigenvalue weighted by atomic mass is 10.1. The molecule has 0 atom stereocenters. The minimum absolute atomic E-state index is 0.244. The number of hydrogen-bond donors (Lipinski definition) is 2. The van der Waals surface area contributed by atoms with Crippen LogP contribution in [0.1, 0.15) is 20.2 Å². The van der Waals surface area contributed by atoms with E-state index in [0.717, 1.165) is 33.2 Å². The van der Waals surface area contributed by atoms with Gasteiger partial charge in [0.25, 0.3) is 5.91 Å². The number of nitrogens with zero attached hydrogens (tertiary/aromatic N) is 1. The summed E-state index contributed by atoms with van der Waals surface area (Å²) < 4.78 is 5.15. The first-order valence-corrected chi connectivity index (χ1v) is 8.74. The Morgan fingerprint density at radius 1 is 1.21 bits per heavy atom. The zero-order valence-corrected chi connectivity index (χ0v) is 14.9. The van der Waals surface area contributed by atoms with Crippen molar-refractivity contribution < 1.29 is 9.53 Å². The number of ether oxygens (including phenoxy) is 1. The van der Waals surface area contributed by atoms with E-state index in [-0.39, 0.29) is 10.8 Å². The summed E-state index contributed by atoms with van der Waals surface area (Å²) in [4.78, 5) is 31.8. The summed E-state index contributed by atoms with van der Waals surface area (Å²) in [6.45, 7) is 3.65. The van der Waals surface area contributed by atoms with Gasteiger partial charge in [-0.2, -0.15) is 0 Å². The number of aromatic nitrogens is 2. The van der Waals surface area contributed by atoms with Crippen molar-refractivity contribution in [3.8, 4) is 17.0 Å². The zero-order chi connectivity index (χ0) is 17.3. The second-order valence-corrected chi connectivity index (χ2v) is 7.26. The van der Waals surface area contributed by atoms with Crippen molar-refractivity contribution in [2.24, 2.45) is 0 Å². The number of benzene rings is 1. The smallest absolute Gasteiger partial charge is 0.305 e. The first kappa shape index (κ1) is 16.4. The number of thiazole rings is 2.